The summed E-state index contributed by atoms with van der Waals surface area (Å²) in [6.07, 6.45) is 3.14. The summed E-state index contributed by atoms with van der Waals surface area (Å²) in [5.74, 6) is 1.36. The number of rotatable bonds is 4. The maximum Gasteiger partial charge on any atom is 0.256 e. The van der Waals surface area contributed by atoms with E-state index in [-0.39, 0.29) is 12.0 Å². The molecule has 7 nitrogen and oxygen atoms in total. The van der Waals surface area contributed by atoms with Gasteiger partial charge in [0.25, 0.3) is 5.91 Å². The lowest BCUT2D eigenvalue weighted by Crippen LogP contribution is -2.42. The van der Waals surface area contributed by atoms with Gasteiger partial charge in [-0.3, -0.25) is 9.78 Å². The van der Waals surface area contributed by atoms with E-state index in [9.17, 15) is 4.79 Å². The molecule has 154 valence electrons. The number of fused-ring (bicyclic) bond motifs is 1. The topological polar surface area (TPSA) is 80.2 Å². The average molecular weight is 411 g/mol. The molecule has 1 atom stereocenters. The van der Waals surface area contributed by atoms with Gasteiger partial charge in [0, 0.05) is 24.3 Å². The van der Waals surface area contributed by atoms with Crippen molar-refractivity contribution >= 4 is 28.4 Å². The van der Waals surface area contributed by atoms with E-state index in [1.807, 2.05) is 71.6 Å². The first-order valence-corrected chi connectivity index (χ1v) is 10.2. The first-order chi connectivity index (χ1) is 15.3. The van der Waals surface area contributed by atoms with Crippen LogP contribution in [0.2, 0.25) is 0 Å². The molecule has 1 aromatic carbocycles. The highest BCUT2D eigenvalue weighted by Gasteiger charge is 2.28. The van der Waals surface area contributed by atoms with Crippen molar-refractivity contribution < 1.29 is 9.53 Å². The molecule has 5 rings (SSSR count). The summed E-state index contributed by atoms with van der Waals surface area (Å²) in [5.41, 5.74) is 2.10. The molecule has 1 amide bonds. The van der Waals surface area contributed by atoms with Crippen molar-refractivity contribution in [3.05, 3.63) is 90.4 Å². The van der Waals surface area contributed by atoms with Gasteiger partial charge in [-0.1, -0.05) is 30.3 Å². The standard InChI is InChI=1S/C24H21N5O2/c30-24(18-8-3-6-17-7-5-13-26-23(17)18)29-14-15-31-20(16-29)19-9-4-11-22(27-19)28-21-10-1-2-12-25-21/h1-13,20H,14-16H2,(H,25,27,28)/t20-/m1/s1. The van der Waals surface area contributed by atoms with Gasteiger partial charge in [-0.25, -0.2) is 9.97 Å². The summed E-state index contributed by atoms with van der Waals surface area (Å²) < 4.78 is 5.96. The van der Waals surface area contributed by atoms with Crippen LogP contribution < -0.4 is 5.32 Å². The first kappa shape index (κ1) is 19.1. The lowest BCUT2D eigenvalue weighted by Gasteiger charge is -2.33. The molecule has 1 aliphatic rings. The summed E-state index contributed by atoms with van der Waals surface area (Å²) >= 11 is 0. The molecule has 1 saturated heterocycles. The molecule has 4 aromatic rings. The number of ether oxygens (including phenoxy) is 1. The highest BCUT2D eigenvalue weighted by Crippen LogP contribution is 2.25. The van der Waals surface area contributed by atoms with E-state index in [1.165, 1.54) is 0 Å². The molecule has 31 heavy (non-hydrogen) atoms. The van der Waals surface area contributed by atoms with Gasteiger partial charge in [0.15, 0.2) is 0 Å². The van der Waals surface area contributed by atoms with Crippen LogP contribution in [0.15, 0.2) is 79.1 Å². The van der Waals surface area contributed by atoms with Crippen LogP contribution in [0, 0.1) is 0 Å². The minimum absolute atomic E-state index is 0.0413. The van der Waals surface area contributed by atoms with E-state index in [0.717, 1.165) is 22.4 Å². The molecule has 1 N–H and O–H groups in total. The van der Waals surface area contributed by atoms with E-state index in [0.29, 0.717) is 31.1 Å². The number of hydrogen-bond donors (Lipinski definition) is 1. The SMILES string of the molecule is O=C(c1cccc2cccnc12)N1CCO[C@@H](c2cccc(Nc3ccccn3)n2)C1. The third kappa shape index (κ3) is 4.08. The number of aromatic nitrogens is 3. The lowest BCUT2D eigenvalue weighted by molar-refractivity contribution is -0.0246. The Labute approximate surface area is 179 Å². The molecule has 4 heterocycles. The Morgan fingerprint density at radius 3 is 2.68 bits per heavy atom. The van der Waals surface area contributed by atoms with E-state index in [2.05, 4.69) is 20.3 Å². The van der Waals surface area contributed by atoms with Crippen LogP contribution in [-0.2, 0) is 4.74 Å². The number of nitrogens with zero attached hydrogens (tertiary/aromatic N) is 4. The highest BCUT2D eigenvalue weighted by molar-refractivity contribution is 6.05. The zero-order chi connectivity index (χ0) is 21.0. The van der Waals surface area contributed by atoms with Gasteiger partial charge in [0.05, 0.1) is 29.9 Å². The summed E-state index contributed by atoms with van der Waals surface area (Å²) in [5, 5.41) is 4.15. The maximum atomic E-state index is 13.3. The van der Waals surface area contributed by atoms with Gasteiger partial charge in [-0.15, -0.1) is 0 Å². The minimum Gasteiger partial charge on any atom is -0.368 e. The molecule has 0 bridgehead atoms. The lowest BCUT2D eigenvalue weighted by atomic mass is 10.1. The Balaban J connectivity index is 1.36. The Morgan fingerprint density at radius 2 is 1.77 bits per heavy atom. The fourth-order valence-electron chi connectivity index (χ4n) is 3.73. The predicted octanol–water partition coefficient (Wildman–Crippen LogP) is 3.98. The highest BCUT2D eigenvalue weighted by atomic mass is 16.5. The largest absolute Gasteiger partial charge is 0.368 e. The minimum atomic E-state index is -0.300. The maximum absolute atomic E-state index is 13.3. The number of benzene rings is 1. The number of carbonyl (C=O) groups excluding carboxylic acids is 1. The zero-order valence-corrected chi connectivity index (χ0v) is 16.8. The Morgan fingerprint density at radius 1 is 0.935 bits per heavy atom. The average Bonchev–Trinajstić information content (AvgIpc) is 2.84. The van der Waals surface area contributed by atoms with Gasteiger partial charge in [0.2, 0.25) is 0 Å². The zero-order valence-electron chi connectivity index (χ0n) is 16.8. The van der Waals surface area contributed by atoms with Crippen molar-refractivity contribution in [3.8, 4) is 0 Å². The van der Waals surface area contributed by atoms with Crippen LogP contribution in [0.25, 0.3) is 10.9 Å². The molecule has 0 spiro atoms. The van der Waals surface area contributed by atoms with Crippen molar-refractivity contribution in [2.24, 2.45) is 0 Å². The van der Waals surface area contributed by atoms with Crippen LogP contribution in [0.5, 0.6) is 0 Å². The van der Waals surface area contributed by atoms with E-state index >= 15 is 0 Å². The van der Waals surface area contributed by atoms with Gasteiger partial charge in [0.1, 0.15) is 17.7 Å². The van der Waals surface area contributed by atoms with E-state index in [1.54, 1.807) is 12.4 Å². The van der Waals surface area contributed by atoms with E-state index in [4.69, 9.17) is 4.74 Å². The molecule has 3 aromatic heterocycles. The molecule has 1 aliphatic heterocycles. The van der Waals surface area contributed by atoms with Crippen LogP contribution in [0.3, 0.4) is 0 Å². The molecular formula is C24H21N5O2. The Kier molecular flexibility index (Phi) is 5.24. The second-order valence-corrected chi connectivity index (χ2v) is 7.28. The summed E-state index contributed by atoms with van der Waals surface area (Å²) in [6, 6.07) is 20.9. The molecule has 0 radical (unpaired) electrons. The van der Waals surface area contributed by atoms with Gasteiger partial charge >= 0.3 is 0 Å². The number of carbonyl (C=O) groups is 1. The van der Waals surface area contributed by atoms with Crippen LogP contribution >= 0.6 is 0 Å². The smallest absolute Gasteiger partial charge is 0.256 e. The number of pyridine rings is 3. The molecule has 0 saturated carbocycles. The second kappa shape index (κ2) is 8.49. The molecule has 1 fully saturated rings. The summed E-state index contributed by atoms with van der Waals surface area (Å²) in [4.78, 5) is 28.5. The number of hydrogen-bond acceptors (Lipinski definition) is 6. The molecular weight excluding hydrogens is 390 g/mol. The summed E-state index contributed by atoms with van der Waals surface area (Å²) in [6.45, 7) is 1.42. The van der Waals surface area contributed by atoms with Crippen molar-refractivity contribution in [2.75, 3.05) is 25.0 Å². The normalized spacial score (nSPS) is 16.3. The van der Waals surface area contributed by atoms with Gasteiger partial charge in [-0.05, 0) is 36.4 Å². The van der Waals surface area contributed by atoms with Crippen LogP contribution in [0.1, 0.15) is 22.2 Å². The number of anilines is 2. The second-order valence-electron chi connectivity index (χ2n) is 7.28. The molecule has 0 unspecified atom stereocenters. The number of para-hydroxylation sites is 1. The number of nitrogens with one attached hydrogen (secondary N) is 1. The summed E-state index contributed by atoms with van der Waals surface area (Å²) in [7, 11) is 0. The quantitative estimate of drug-likeness (QED) is 0.547. The molecule has 7 heteroatoms. The van der Waals surface area contributed by atoms with Crippen molar-refractivity contribution in [3.63, 3.8) is 0 Å². The van der Waals surface area contributed by atoms with Crippen LogP contribution in [-0.4, -0.2) is 45.5 Å². The predicted molar refractivity (Wildman–Crippen MR) is 118 cm³/mol. The number of morpholine rings is 1. The van der Waals surface area contributed by atoms with Crippen LogP contribution in [0.4, 0.5) is 11.6 Å². The van der Waals surface area contributed by atoms with E-state index < -0.39 is 0 Å². The van der Waals surface area contributed by atoms with Gasteiger partial charge in [-0.2, -0.15) is 0 Å². The van der Waals surface area contributed by atoms with Crippen molar-refractivity contribution in [2.45, 2.75) is 6.10 Å². The fraction of sp³-hybridized carbons (Fsp3) is 0.167. The Bertz CT molecular complexity index is 1210. The monoisotopic (exact) mass is 411 g/mol. The fourth-order valence-corrected chi connectivity index (χ4v) is 3.73. The van der Waals surface area contributed by atoms with Crippen molar-refractivity contribution in [1.82, 2.24) is 19.9 Å². The van der Waals surface area contributed by atoms with Crippen molar-refractivity contribution in [1.29, 1.82) is 0 Å². The third-order valence-electron chi connectivity index (χ3n) is 5.24. The number of amides is 1. The molecule has 0 aliphatic carbocycles. The Hall–Kier alpha value is -3.84. The first-order valence-electron chi connectivity index (χ1n) is 10.2. The van der Waals surface area contributed by atoms with Gasteiger partial charge < -0.3 is 15.0 Å². The third-order valence-corrected chi connectivity index (χ3v) is 5.24.